The van der Waals surface area contributed by atoms with Crippen LogP contribution in [0.15, 0.2) is 18.2 Å². The molecule has 0 bridgehead atoms. The van der Waals surface area contributed by atoms with Gasteiger partial charge in [0.05, 0.1) is 18.7 Å². The Bertz CT molecular complexity index is 723. The Kier molecular flexibility index (Phi) is 7.94. The standard InChI is InChI=1S/C21H35N5O2/c1-3-24(4-2)10-5-9-22-21-19-17-18(27)7-8-20(19)26(23-21)12-6-11-25-13-15-28-16-14-25/h7-8,17,27H,3-6,9-16H2,1-2H3,(H,22,23). The molecule has 1 fully saturated rings. The molecule has 1 aromatic heterocycles. The number of fused-ring (bicyclic) bond motifs is 1. The summed E-state index contributed by atoms with van der Waals surface area (Å²) in [6.45, 7) is 14.2. The Morgan fingerprint density at radius 1 is 1.14 bits per heavy atom. The molecule has 1 aromatic carbocycles. The first-order valence-corrected chi connectivity index (χ1v) is 10.7. The lowest BCUT2D eigenvalue weighted by Crippen LogP contribution is -2.37. The topological polar surface area (TPSA) is 65.8 Å². The fraction of sp³-hybridized carbons (Fsp3) is 0.667. The van der Waals surface area contributed by atoms with E-state index in [4.69, 9.17) is 9.84 Å². The number of phenolic OH excluding ortho intramolecular Hbond substituents is 1. The highest BCUT2D eigenvalue weighted by Crippen LogP contribution is 2.27. The number of morpholine rings is 1. The number of phenols is 1. The first-order valence-electron chi connectivity index (χ1n) is 10.7. The van der Waals surface area contributed by atoms with Crippen molar-refractivity contribution in [1.82, 2.24) is 19.6 Å². The Labute approximate surface area is 168 Å². The van der Waals surface area contributed by atoms with Crippen molar-refractivity contribution in [2.45, 2.75) is 33.2 Å². The summed E-state index contributed by atoms with van der Waals surface area (Å²) in [6, 6.07) is 5.52. The second-order valence-electron chi connectivity index (χ2n) is 7.39. The molecule has 0 aliphatic carbocycles. The predicted octanol–water partition coefficient (Wildman–Crippen LogP) is 2.61. The molecule has 0 radical (unpaired) electrons. The van der Waals surface area contributed by atoms with Gasteiger partial charge in [0.15, 0.2) is 5.82 Å². The number of aryl methyl sites for hydroxylation is 1. The van der Waals surface area contributed by atoms with E-state index in [0.717, 1.165) is 95.1 Å². The minimum atomic E-state index is 0.284. The van der Waals surface area contributed by atoms with Gasteiger partial charge in [0.25, 0.3) is 0 Å². The van der Waals surface area contributed by atoms with Gasteiger partial charge in [0, 0.05) is 38.1 Å². The minimum absolute atomic E-state index is 0.284. The Balaban J connectivity index is 1.59. The Morgan fingerprint density at radius 3 is 2.68 bits per heavy atom. The Morgan fingerprint density at radius 2 is 1.93 bits per heavy atom. The van der Waals surface area contributed by atoms with E-state index in [1.807, 2.05) is 12.1 Å². The van der Waals surface area contributed by atoms with E-state index in [-0.39, 0.29) is 5.75 Å². The molecule has 7 heteroatoms. The summed E-state index contributed by atoms with van der Waals surface area (Å²) in [5.74, 6) is 1.16. The number of aromatic nitrogens is 2. The van der Waals surface area contributed by atoms with Crippen LogP contribution in [0.25, 0.3) is 10.9 Å². The maximum absolute atomic E-state index is 9.93. The molecule has 0 saturated carbocycles. The molecule has 2 aromatic rings. The zero-order valence-electron chi connectivity index (χ0n) is 17.4. The SMILES string of the molecule is CCN(CC)CCCNc1nn(CCCN2CCOCC2)c2ccc(O)cc12. The number of benzene rings is 1. The molecule has 3 rings (SSSR count). The lowest BCUT2D eigenvalue weighted by Gasteiger charge is -2.26. The van der Waals surface area contributed by atoms with E-state index in [1.54, 1.807) is 6.07 Å². The molecule has 0 amide bonds. The zero-order valence-corrected chi connectivity index (χ0v) is 17.4. The van der Waals surface area contributed by atoms with Gasteiger partial charge in [-0.1, -0.05) is 13.8 Å². The number of nitrogens with one attached hydrogen (secondary N) is 1. The number of hydrogen-bond donors (Lipinski definition) is 2. The summed E-state index contributed by atoms with van der Waals surface area (Å²) in [7, 11) is 0. The molecule has 0 atom stereocenters. The van der Waals surface area contributed by atoms with Crippen LogP contribution in [-0.2, 0) is 11.3 Å². The van der Waals surface area contributed by atoms with Crippen LogP contribution in [0.2, 0.25) is 0 Å². The summed E-state index contributed by atoms with van der Waals surface area (Å²) in [5, 5.41) is 19.2. The van der Waals surface area contributed by atoms with Crippen LogP contribution < -0.4 is 5.32 Å². The second kappa shape index (κ2) is 10.6. The largest absolute Gasteiger partial charge is 0.508 e. The summed E-state index contributed by atoms with van der Waals surface area (Å²) < 4.78 is 7.49. The van der Waals surface area contributed by atoms with Gasteiger partial charge in [-0.2, -0.15) is 5.10 Å². The first kappa shape index (κ1) is 20.9. The predicted molar refractivity (Wildman–Crippen MR) is 114 cm³/mol. The van der Waals surface area contributed by atoms with E-state index < -0.39 is 0 Å². The third-order valence-electron chi connectivity index (χ3n) is 5.52. The zero-order chi connectivity index (χ0) is 19.8. The fourth-order valence-corrected chi connectivity index (χ4v) is 3.79. The van der Waals surface area contributed by atoms with E-state index in [1.165, 1.54) is 0 Å². The summed E-state index contributed by atoms with van der Waals surface area (Å²) in [4.78, 5) is 4.88. The monoisotopic (exact) mass is 389 g/mol. The molecule has 28 heavy (non-hydrogen) atoms. The normalized spacial score (nSPS) is 15.5. The van der Waals surface area contributed by atoms with E-state index in [2.05, 4.69) is 33.6 Å². The summed E-state index contributed by atoms with van der Waals surface area (Å²) in [6.07, 6.45) is 2.13. The van der Waals surface area contributed by atoms with Gasteiger partial charge in [-0.3, -0.25) is 9.58 Å². The molecule has 1 saturated heterocycles. The van der Waals surface area contributed by atoms with Crippen LogP contribution in [0.5, 0.6) is 5.75 Å². The van der Waals surface area contributed by atoms with Gasteiger partial charge in [-0.15, -0.1) is 0 Å². The lowest BCUT2D eigenvalue weighted by atomic mass is 10.2. The highest BCUT2D eigenvalue weighted by molar-refractivity contribution is 5.91. The fourth-order valence-electron chi connectivity index (χ4n) is 3.79. The maximum atomic E-state index is 9.93. The molecule has 2 heterocycles. The van der Waals surface area contributed by atoms with Crippen molar-refractivity contribution in [1.29, 1.82) is 0 Å². The quantitative estimate of drug-likeness (QED) is 0.576. The average molecular weight is 390 g/mol. The third kappa shape index (κ3) is 5.59. The Hall–Kier alpha value is -1.83. The van der Waals surface area contributed by atoms with Crippen LogP contribution >= 0.6 is 0 Å². The molecular weight excluding hydrogens is 354 g/mol. The van der Waals surface area contributed by atoms with Crippen molar-refractivity contribution >= 4 is 16.7 Å². The first-order chi connectivity index (χ1) is 13.7. The maximum Gasteiger partial charge on any atom is 0.156 e. The molecule has 7 nitrogen and oxygen atoms in total. The van der Waals surface area contributed by atoms with Gasteiger partial charge in [-0.25, -0.2) is 0 Å². The number of rotatable bonds is 11. The van der Waals surface area contributed by atoms with E-state index in [9.17, 15) is 5.11 Å². The van der Waals surface area contributed by atoms with Gasteiger partial charge < -0.3 is 20.1 Å². The van der Waals surface area contributed by atoms with Crippen LogP contribution in [-0.4, -0.2) is 83.7 Å². The van der Waals surface area contributed by atoms with Gasteiger partial charge >= 0.3 is 0 Å². The van der Waals surface area contributed by atoms with Crippen LogP contribution in [0, 0.1) is 0 Å². The van der Waals surface area contributed by atoms with Gasteiger partial charge in [-0.05, 0) is 50.7 Å². The van der Waals surface area contributed by atoms with Crippen molar-refractivity contribution in [3.63, 3.8) is 0 Å². The molecule has 0 spiro atoms. The highest BCUT2D eigenvalue weighted by atomic mass is 16.5. The number of anilines is 1. The molecule has 2 N–H and O–H groups in total. The van der Waals surface area contributed by atoms with Crippen molar-refractivity contribution in [3.05, 3.63) is 18.2 Å². The van der Waals surface area contributed by atoms with Crippen LogP contribution in [0.3, 0.4) is 0 Å². The lowest BCUT2D eigenvalue weighted by molar-refractivity contribution is 0.0368. The summed E-state index contributed by atoms with van der Waals surface area (Å²) in [5.41, 5.74) is 1.08. The highest BCUT2D eigenvalue weighted by Gasteiger charge is 2.13. The molecule has 156 valence electrons. The number of aromatic hydroxyl groups is 1. The van der Waals surface area contributed by atoms with Gasteiger partial charge in [0.2, 0.25) is 0 Å². The van der Waals surface area contributed by atoms with Crippen LogP contribution in [0.4, 0.5) is 5.82 Å². The molecule has 1 aliphatic heterocycles. The van der Waals surface area contributed by atoms with Crippen molar-refractivity contribution in [3.8, 4) is 5.75 Å². The molecule has 1 aliphatic rings. The summed E-state index contributed by atoms with van der Waals surface area (Å²) >= 11 is 0. The number of nitrogens with zero attached hydrogens (tertiary/aromatic N) is 4. The van der Waals surface area contributed by atoms with Crippen LogP contribution in [0.1, 0.15) is 26.7 Å². The minimum Gasteiger partial charge on any atom is -0.508 e. The number of ether oxygens (including phenoxy) is 1. The molecule has 0 unspecified atom stereocenters. The third-order valence-corrected chi connectivity index (χ3v) is 5.52. The van der Waals surface area contributed by atoms with Crippen molar-refractivity contribution in [2.24, 2.45) is 0 Å². The van der Waals surface area contributed by atoms with Crippen molar-refractivity contribution in [2.75, 3.05) is 64.3 Å². The van der Waals surface area contributed by atoms with Gasteiger partial charge in [0.1, 0.15) is 5.75 Å². The van der Waals surface area contributed by atoms with E-state index in [0.29, 0.717) is 0 Å². The second-order valence-corrected chi connectivity index (χ2v) is 7.39. The van der Waals surface area contributed by atoms with E-state index >= 15 is 0 Å². The molecular formula is C21H35N5O2. The number of hydrogen-bond acceptors (Lipinski definition) is 6. The average Bonchev–Trinajstić information content (AvgIpc) is 3.06. The van der Waals surface area contributed by atoms with Crippen molar-refractivity contribution < 1.29 is 9.84 Å². The smallest absolute Gasteiger partial charge is 0.156 e.